The van der Waals surface area contributed by atoms with Crippen LogP contribution >= 0.6 is 11.6 Å². The summed E-state index contributed by atoms with van der Waals surface area (Å²) in [5.41, 5.74) is 0.703. The summed E-state index contributed by atoms with van der Waals surface area (Å²) in [5, 5.41) is 1.46. The van der Waals surface area contributed by atoms with E-state index in [1.807, 2.05) is 0 Å². The maximum absolute atomic E-state index is 8.48. The Balaban J connectivity index is 2.00. The summed E-state index contributed by atoms with van der Waals surface area (Å²) in [4.78, 5) is 0. The number of hydrogen-bond acceptors (Lipinski definition) is 1. The lowest BCUT2D eigenvalue weighted by Gasteiger charge is -2.08. The van der Waals surface area contributed by atoms with Crippen LogP contribution in [0.2, 0.25) is 5.02 Å². The van der Waals surface area contributed by atoms with Crippen LogP contribution in [0, 0.1) is 0 Å². The predicted octanol–water partition coefficient (Wildman–Crippen LogP) is 7.57. The molecule has 0 bridgehead atoms. The van der Waals surface area contributed by atoms with E-state index in [4.69, 9.17) is 29.7 Å². The molecule has 0 saturated heterocycles. The van der Waals surface area contributed by atoms with Crippen molar-refractivity contribution in [2.75, 3.05) is 0 Å². The summed E-state index contributed by atoms with van der Waals surface area (Å²) in [7, 11) is 0. The number of benzene rings is 4. The molecule has 124 valence electrons. The Labute approximate surface area is 170 Å². The van der Waals surface area contributed by atoms with E-state index >= 15 is 0 Å². The van der Waals surface area contributed by atoms with Gasteiger partial charge in [0, 0.05) is 27.4 Å². The molecule has 1 aromatic heterocycles. The standard InChI is InChI=1S/C24H15ClO/c25-19-11-12-20-22-14-18(16-7-3-1-4-8-16)13-21(17-9-5-2-6-10-17)24(22)26-23(20)15-19/h1-15H/i1D,2D,3D,4D,5D,6D,7D,8D,9D,10D. The minimum absolute atomic E-state index is 0.0835. The first-order valence-electron chi connectivity index (χ1n) is 12.7. The third-order valence-corrected chi connectivity index (χ3v) is 4.33. The second-order valence-electron chi connectivity index (χ2n) is 5.64. The molecule has 0 aliphatic carbocycles. The fourth-order valence-electron chi connectivity index (χ4n) is 2.96. The summed E-state index contributed by atoms with van der Waals surface area (Å²) in [6.45, 7) is 0. The van der Waals surface area contributed by atoms with Crippen LogP contribution in [0.3, 0.4) is 0 Å². The van der Waals surface area contributed by atoms with Crippen molar-refractivity contribution in [1.82, 2.24) is 0 Å². The van der Waals surface area contributed by atoms with E-state index in [9.17, 15) is 0 Å². The Kier molecular flexibility index (Phi) is 1.89. The highest BCUT2D eigenvalue weighted by molar-refractivity contribution is 6.31. The van der Waals surface area contributed by atoms with E-state index in [-0.39, 0.29) is 27.8 Å². The van der Waals surface area contributed by atoms with Crippen LogP contribution in [-0.2, 0) is 0 Å². The van der Waals surface area contributed by atoms with Crippen LogP contribution in [0.1, 0.15) is 13.7 Å². The molecular formula is C24H15ClO. The normalized spacial score (nSPS) is 16.7. The molecule has 0 aliphatic rings. The van der Waals surface area contributed by atoms with Gasteiger partial charge >= 0.3 is 0 Å². The molecule has 0 fully saturated rings. The average molecular weight is 365 g/mol. The van der Waals surface area contributed by atoms with Crippen molar-refractivity contribution < 1.29 is 18.1 Å². The largest absolute Gasteiger partial charge is 0.455 e. The van der Waals surface area contributed by atoms with Gasteiger partial charge < -0.3 is 4.42 Å². The molecule has 1 nitrogen and oxygen atoms in total. The second kappa shape index (κ2) is 6.05. The molecule has 0 radical (unpaired) electrons. The van der Waals surface area contributed by atoms with Crippen molar-refractivity contribution in [3.05, 3.63) is 95.8 Å². The fraction of sp³-hybridized carbons (Fsp3) is 0. The molecule has 26 heavy (non-hydrogen) atoms. The minimum atomic E-state index is -0.553. The predicted molar refractivity (Wildman–Crippen MR) is 110 cm³/mol. The molecule has 0 unspecified atom stereocenters. The van der Waals surface area contributed by atoms with E-state index in [0.717, 1.165) is 0 Å². The molecule has 5 aromatic rings. The summed E-state index contributed by atoms with van der Waals surface area (Å²) in [6.07, 6.45) is 0. The Morgan fingerprint density at radius 3 is 2.12 bits per heavy atom. The molecular weight excluding hydrogens is 340 g/mol. The van der Waals surface area contributed by atoms with Crippen LogP contribution in [0.5, 0.6) is 0 Å². The third-order valence-electron chi connectivity index (χ3n) is 4.09. The topological polar surface area (TPSA) is 13.1 Å². The molecule has 0 N–H and O–H groups in total. The zero-order chi connectivity index (χ0) is 26.2. The SMILES string of the molecule is [2H]c1c([2H])c([2H])c(-c2cc(-c3c([2H])c([2H])c([2H])c([2H])c3[2H])c3oc4cc(Cl)ccc4c3c2)c([2H])c1[2H]. The molecule has 0 spiro atoms. The summed E-state index contributed by atoms with van der Waals surface area (Å²) in [5.74, 6) is 0. The molecule has 0 saturated carbocycles. The monoisotopic (exact) mass is 364 g/mol. The first-order valence-corrected chi connectivity index (χ1v) is 8.12. The van der Waals surface area contributed by atoms with Crippen molar-refractivity contribution in [2.24, 2.45) is 0 Å². The number of fused-ring (bicyclic) bond motifs is 3. The lowest BCUT2D eigenvalue weighted by Crippen LogP contribution is -1.83. The summed E-state index contributed by atoms with van der Waals surface area (Å²) < 4.78 is 88.0. The molecule has 2 heteroatoms. The van der Waals surface area contributed by atoms with Gasteiger partial charge in [0.25, 0.3) is 0 Å². The van der Waals surface area contributed by atoms with Crippen molar-refractivity contribution in [3.63, 3.8) is 0 Å². The van der Waals surface area contributed by atoms with E-state index in [0.29, 0.717) is 21.4 Å². The maximum Gasteiger partial charge on any atom is 0.143 e. The van der Waals surface area contributed by atoms with Gasteiger partial charge in [0.05, 0.1) is 13.7 Å². The Morgan fingerprint density at radius 2 is 1.38 bits per heavy atom. The van der Waals surface area contributed by atoms with Gasteiger partial charge in [-0.05, 0) is 41.0 Å². The minimum Gasteiger partial charge on any atom is -0.455 e. The molecule has 0 aliphatic heterocycles. The van der Waals surface area contributed by atoms with E-state index < -0.39 is 60.4 Å². The van der Waals surface area contributed by atoms with Gasteiger partial charge in [0.15, 0.2) is 0 Å². The fourth-order valence-corrected chi connectivity index (χ4v) is 3.12. The van der Waals surface area contributed by atoms with Crippen LogP contribution < -0.4 is 0 Å². The molecule has 0 amide bonds. The smallest absolute Gasteiger partial charge is 0.143 e. The molecule has 5 rings (SSSR count). The van der Waals surface area contributed by atoms with Crippen molar-refractivity contribution in [1.29, 1.82) is 0 Å². The summed E-state index contributed by atoms with van der Waals surface area (Å²) in [6, 6.07) is 2.97. The van der Waals surface area contributed by atoms with Crippen LogP contribution in [-0.4, -0.2) is 0 Å². The maximum atomic E-state index is 8.48. The van der Waals surface area contributed by atoms with Crippen LogP contribution in [0.4, 0.5) is 0 Å². The Bertz CT molecular complexity index is 1700. The van der Waals surface area contributed by atoms with Crippen LogP contribution in [0.15, 0.2) is 95.2 Å². The summed E-state index contributed by atoms with van der Waals surface area (Å²) >= 11 is 6.13. The van der Waals surface area contributed by atoms with E-state index in [1.165, 1.54) is 6.07 Å². The number of halogens is 1. The van der Waals surface area contributed by atoms with Gasteiger partial charge in [-0.2, -0.15) is 0 Å². The first-order chi connectivity index (χ1) is 16.9. The van der Waals surface area contributed by atoms with E-state index in [1.54, 1.807) is 24.3 Å². The first kappa shape index (κ1) is 8.11. The van der Waals surface area contributed by atoms with Gasteiger partial charge in [-0.3, -0.25) is 0 Å². The van der Waals surface area contributed by atoms with Gasteiger partial charge in [-0.15, -0.1) is 0 Å². The quantitative estimate of drug-likeness (QED) is 0.314. The zero-order valence-corrected chi connectivity index (χ0v) is 13.9. The zero-order valence-electron chi connectivity index (χ0n) is 23.2. The molecule has 4 aromatic carbocycles. The highest BCUT2D eigenvalue weighted by Gasteiger charge is 2.15. The second-order valence-corrected chi connectivity index (χ2v) is 6.08. The molecule has 1 heterocycles. The van der Waals surface area contributed by atoms with E-state index in [2.05, 4.69) is 0 Å². The Hall–Kier alpha value is -3.03. The average Bonchev–Trinajstić information content (AvgIpc) is 3.21. The number of rotatable bonds is 2. The van der Waals surface area contributed by atoms with Crippen molar-refractivity contribution in [3.8, 4) is 22.3 Å². The van der Waals surface area contributed by atoms with Gasteiger partial charge in [-0.25, -0.2) is 0 Å². The van der Waals surface area contributed by atoms with Gasteiger partial charge in [0.2, 0.25) is 0 Å². The van der Waals surface area contributed by atoms with Gasteiger partial charge in [0.1, 0.15) is 11.2 Å². The number of furan rings is 1. The van der Waals surface area contributed by atoms with Gasteiger partial charge in [-0.1, -0.05) is 72.0 Å². The third kappa shape index (κ3) is 2.49. The number of hydrogen-bond donors (Lipinski definition) is 0. The van der Waals surface area contributed by atoms with Crippen LogP contribution in [0.25, 0.3) is 44.2 Å². The van der Waals surface area contributed by atoms with Crippen molar-refractivity contribution >= 4 is 33.5 Å². The Morgan fingerprint density at radius 1 is 0.692 bits per heavy atom. The highest BCUT2D eigenvalue weighted by atomic mass is 35.5. The highest BCUT2D eigenvalue weighted by Crippen LogP contribution is 2.39. The lowest BCUT2D eigenvalue weighted by molar-refractivity contribution is 0.670. The molecule has 0 atom stereocenters. The lowest BCUT2D eigenvalue weighted by atomic mass is 9.96. The van der Waals surface area contributed by atoms with Crippen molar-refractivity contribution in [2.45, 2.75) is 0 Å².